The van der Waals surface area contributed by atoms with Gasteiger partial charge in [-0.1, -0.05) is 17.3 Å². The first-order valence-corrected chi connectivity index (χ1v) is 8.32. The van der Waals surface area contributed by atoms with Crippen molar-refractivity contribution in [2.75, 3.05) is 13.1 Å². The van der Waals surface area contributed by atoms with Gasteiger partial charge < -0.3 is 9.42 Å². The van der Waals surface area contributed by atoms with Crippen molar-refractivity contribution in [3.05, 3.63) is 58.5 Å². The van der Waals surface area contributed by atoms with Gasteiger partial charge in [0.2, 0.25) is 5.76 Å². The number of carbonyl (C=O) groups is 1. The fraction of sp³-hybridized carbons (Fsp3) is 0.333. The summed E-state index contributed by atoms with van der Waals surface area (Å²) >= 11 is 0. The van der Waals surface area contributed by atoms with E-state index in [4.69, 9.17) is 4.52 Å². The fourth-order valence-corrected chi connectivity index (χ4v) is 3.31. The summed E-state index contributed by atoms with van der Waals surface area (Å²) in [5, 5.41) is 4.39. The molecule has 1 aliphatic heterocycles. The maximum absolute atomic E-state index is 12.7. The van der Waals surface area contributed by atoms with Gasteiger partial charge in [0.15, 0.2) is 0 Å². The number of para-hydroxylation sites is 1. The molecule has 4 rings (SSSR count). The summed E-state index contributed by atoms with van der Waals surface area (Å²) in [7, 11) is 0. The number of aromatic nitrogens is 3. The number of hydrogen-bond acceptors (Lipinski definition) is 5. The van der Waals surface area contributed by atoms with Crippen LogP contribution in [-0.2, 0) is 0 Å². The van der Waals surface area contributed by atoms with Crippen molar-refractivity contribution in [1.29, 1.82) is 0 Å². The number of aryl methyl sites for hydroxylation is 1. The van der Waals surface area contributed by atoms with E-state index in [9.17, 15) is 9.59 Å². The molecule has 25 heavy (non-hydrogen) atoms. The third-order valence-corrected chi connectivity index (χ3v) is 4.67. The summed E-state index contributed by atoms with van der Waals surface area (Å²) < 4.78 is 6.75. The van der Waals surface area contributed by atoms with Crippen molar-refractivity contribution in [2.24, 2.45) is 0 Å². The number of likely N-dealkylation sites (tertiary alicyclic amines) is 1. The molecule has 7 heteroatoms. The summed E-state index contributed by atoms with van der Waals surface area (Å²) in [5.74, 6) is 0.114. The van der Waals surface area contributed by atoms with E-state index in [2.05, 4.69) is 10.1 Å². The highest BCUT2D eigenvalue weighted by Gasteiger charge is 2.27. The van der Waals surface area contributed by atoms with Crippen LogP contribution in [0.5, 0.6) is 0 Å². The Labute approximate surface area is 143 Å². The molecule has 1 aromatic carbocycles. The molecule has 0 atom stereocenters. The first kappa shape index (κ1) is 15.6. The van der Waals surface area contributed by atoms with Gasteiger partial charge in [-0.15, -0.1) is 0 Å². The lowest BCUT2D eigenvalue weighted by atomic mass is 10.0. The molecule has 1 fully saturated rings. The number of amides is 1. The molecule has 3 aromatic rings. The van der Waals surface area contributed by atoms with E-state index in [1.54, 1.807) is 34.9 Å². The van der Waals surface area contributed by atoms with Gasteiger partial charge in [0, 0.05) is 25.2 Å². The molecular formula is C18H18N4O3. The second-order valence-electron chi connectivity index (χ2n) is 6.33. The molecule has 1 amide bonds. The molecule has 0 radical (unpaired) electrons. The van der Waals surface area contributed by atoms with Crippen molar-refractivity contribution in [3.8, 4) is 0 Å². The van der Waals surface area contributed by atoms with E-state index in [-0.39, 0.29) is 23.3 Å². The van der Waals surface area contributed by atoms with Gasteiger partial charge in [-0.05, 0) is 31.9 Å². The molecule has 3 heterocycles. The molecule has 0 aliphatic carbocycles. The average Bonchev–Trinajstić information content (AvgIpc) is 3.08. The maximum Gasteiger partial charge on any atom is 0.292 e. The highest BCUT2D eigenvalue weighted by atomic mass is 16.5. The van der Waals surface area contributed by atoms with Crippen LogP contribution in [0.4, 0.5) is 0 Å². The van der Waals surface area contributed by atoms with Crippen LogP contribution in [0.25, 0.3) is 10.9 Å². The molecule has 0 unspecified atom stereocenters. The molecule has 0 bridgehead atoms. The number of carbonyl (C=O) groups excluding carboxylic acids is 1. The minimum atomic E-state index is -0.150. The van der Waals surface area contributed by atoms with Crippen LogP contribution in [0, 0.1) is 6.92 Å². The third-order valence-electron chi connectivity index (χ3n) is 4.67. The molecule has 1 aliphatic rings. The summed E-state index contributed by atoms with van der Waals surface area (Å²) in [6.07, 6.45) is 3.03. The molecule has 7 nitrogen and oxygen atoms in total. The van der Waals surface area contributed by atoms with E-state index in [0.717, 1.165) is 0 Å². The molecule has 2 aromatic heterocycles. The summed E-state index contributed by atoms with van der Waals surface area (Å²) in [6.45, 7) is 2.93. The second-order valence-corrected chi connectivity index (χ2v) is 6.33. The topological polar surface area (TPSA) is 81.2 Å². The molecular weight excluding hydrogens is 320 g/mol. The van der Waals surface area contributed by atoms with Crippen LogP contribution < -0.4 is 5.56 Å². The Bertz CT molecular complexity index is 983. The number of fused-ring (bicyclic) bond motifs is 1. The Morgan fingerprint density at radius 1 is 1.24 bits per heavy atom. The van der Waals surface area contributed by atoms with E-state index < -0.39 is 0 Å². The molecule has 0 N–H and O–H groups in total. The van der Waals surface area contributed by atoms with Gasteiger partial charge in [-0.25, -0.2) is 4.98 Å². The van der Waals surface area contributed by atoms with Gasteiger partial charge in [0.25, 0.3) is 11.5 Å². The van der Waals surface area contributed by atoms with Gasteiger partial charge in [0.05, 0.1) is 22.9 Å². The molecule has 128 valence electrons. The second kappa shape index (κ2) is 6.16. The lowest BCUT2D eigenvalue weighted by molar-refractivity contribution is 0.0651. The summed E-state index contributed by atoms with van der Waals surface area (Å²) in [6, 6.07) is 9.04. The van der Waals surface area contributed by atoms with Crippen LogP contribution in [0.2, 0.25) is 0 Å². The zero-order chi connectivity index (χ0) is 17.4. The Hall–Kier alpha value is -2.96. The van der Waals surface area contributed by atoms with Crippen LogP contribution in [0.15, 0.2) is 46.0 Å². The lowest BCUT2D eigenvalue weighted by Crippen LogP contribution is -2.40. The number of piperidine rings is 1. The van der Waals surface area contributed by atoms with Crippen molar-refractivity contribution in [1.82, 2.24) is 19.6 Å². The predicted octanol–water partition coefficient (Wildman–Crippen LogP) is 2.17. The molecule has 1 saturated heterocycles. The minimum Gasteiger partial charge on any atom is -0.351 e. The lowest BCUT2D eigenvalue weighted by Gasteiger charge is -2.32. The first-order valence-electron chi connectivity index (χ1n) is 8.32. The van der Waals surface area contributed by atoms with Gasteiger partial charge in [0.1, 0.15) is 0 Å². The summed E-state index contributed by atoms with van der Waals surface area (Å²) in [4.78, 5) is 31.2. The zero-order valence-electron chi connectivity index (χ0n) is 13.9. The average molecular weight is 338 g/mol. The highest BCUT2D eigenvalue weighted by molar-refractivity contribution is 5.91. The normalized spacial score (nSPS) is 15.6. The minimum absolute atomic E-state index is 0.0266. The molecule has 0 spiro atoms. The predicted molar refractivity (Wildman–Crippen MR) is 91.4 cm³/mol. The Kier molecular flexibility index (Phi) is 3.83. The number of hydrogen-bond donors (Lipinski definition) is 0. The number of nitrogens with zero attached hydrogens (tertiary/aromatic N) is 4. The standard InChI is InChI=1S/C18H18N4O3/c1-12-10-16(25-20-12)18(24)21-8-6-13(7-9-21)22-11-19-15-5-3-2-4-14(15)17(22)23/h2-5,10-11,13H,6-9H2,1H3. The Morgan fingerprint density at radius 3 is 2.72 bits per heavy atom. The van der Waals surface area contributed by atoms with E-state index in [1.165, 1.54) is 0 Å². The van der Waals surface area contributed by atoms with E-state index >= 15 is 0 Å². The SMILES string of the molecule is Cc1cc(C(=O)N2CCC(n3cnc4ccccc4c3=O)CC2)on1. The van der Waals surface area contributed by atoms with Crippen molar-refractivity contribution >= 4 is 16.8 Å². The van der Waals surface area contributed by atoms with Crippen LogP contribution >= 0.6 is 0 Å². The molecule has 0 saturated carbocycles. The van der Waals surface area contributed by atoms with Gasteiger partial charge in [-0.2, -0.15) is 0 Å². The van der Waals surface area contributed by atoms with Crippen molar-refractivity contribution < 1.29 is 9.32 Å². The van der Waals surface area contributed by atoms with Crippen LogP contribution in [0.1, 0.15) is 35.1 Å². The third kappa shape index (κ3) is 2.82. The van der Waals surface area contributed by atoms with Crippen LogP contribution in [-0.4, -0.2) is 38.6 Å². The van der Waals surface area contributed by atoms with Gasteiger partial charge >= 0.3 is 0 Å². The quantitative estimate of drug-likeness (QED) is 0.715. The van der Waals surface area contributed by atoms with Gasteiger partial charge in [-0.3, -0.25) is 14.2 Å². The largest absolute Gasteiger partial charge is 0.351 e. The van der Waals surface area contributed by atoms with Crippen molar-refractivity contribution in [3.63, 3.8) is 0 Å². The van der Waals surface area contributed by atoms with Crippen LogP contribution in [0.3, 0.4) is 0 Å². The Morgan fingerprint density at radius 2 is 2.00 bits per heavy atom. The fourth-order valence-electron chi connectivity index (χ4n) is 3.31. The van der Waals surface area contributed by atoms with Crippen molar-refractivity contribution in [2.45, 2.75) is 25.8 Å². The van der Waals surface area contributed by atoms with E-state index in [1.807, 2.05) is 18.2 Å². The smallest absolute Gasteiger partial charge is 0.292 e. The summed E-state index contributed by atoms with van der Waals surface area (Å²) in [5.41, 5.74) is 1.37. The maximum atomic E-state index is 12.7. The first-order chi connectivity index (χ1) is 12.1. The Balaban J connectivity index is 1.51. The zero-order valence-corrected chi connectivity index (χ0v) is 13.9. The number of benzene rings is 1. The number of rotatable bonds is 2. The monoisotopic (exact) mass is 338 g/mol. The van der Waals surface area contributed by atoms with E-state index in [0.29, 0.717) is 42.5 Å². The highest BCUT2D eigenvalue weighted by Crippen LogP contribution is 2.23.